The molecule has 1 aromatic carbocycles. The number of hydrogen-bond acceptors (Lipinski definition) is 5. The van der Waals surface area contributed by atoms with E-state index in [-0.39, 0.29) is 16.7 Å². The summed E-state index contributed by atoms with van der Waals surface area (Å²) in [5.41, 5.74) is 1.05. The molecule has 1 saturated heterocycles. The number of anilines is 1. The van der Waals surface area contributed by atoms with E-state index >= 15 is 0 Å². The molecular formula is C14H15N3O3. The predicted octanol–water partition coefficient (Wildman–Crippen LogP) is 2.10. The second kappa shape index (κ2) is 5.05. The number of rotatable bonds is 2. The summed E-state index contributed by atoms with van der Waals surface area (Å²) < 4.78 is 0. The zero-order valence-corrected chi connectivity index (χ0v) is 10.9. The van der Waals surface area contributed by atoms with Crippen LogP contribution in [0.3, 0.4) is 0 Å². The number of hydrogen-bond donors (Lipinski definition) is 1. The first-order valence-corrected chi connectivity index (χ1v) is 6.61. The molecule has 0 amide bonds. The number of aliphatic hydroxyl groups is 1. The molecule has 20 heavy (non-hydrogen) atoms. The summed E-state index contributed by atoms with van der Waals surface area (Å²) in [6.07, 6.45) is 4.40. The molecule has 1 fully saturated rings. The molecule has 0 unspecified atom stereocenters. The highest BCUT2D eigenvalue weighted by molar-refractivity contribution is 5.99. The van der Waals surface area contributed by atoms with Gasteiger partial charge in [0, 0.05) is 42.6 Å². The lowest BCUT2D eigenvalue weighted by Crippen LogP contribution is -2.35. The van der Waals surface area contributed by atoms with Gasteiger partial charge in [-0.25, -0.2) is 0 Å². The number of non-ortho nitro benzene ring substituents is 1. The van der Waals surface area contributed by atoms with Gasteiger partial charge in [0.15, 0.2) is 0 Å². The van der Waals surface area contributed by atoms with Crippen LogP contribution >= 0.6 is 0 Å². The first-order chi connectivity index (χ1) is 9.66. The molecule has 0 aliphatic carbocycles. The Morgan fingerprint density at radius 3 is 2.70 bits per heavy atom. The van der Waals surface area contributed by atoms with Crippen molar-refractivity contribution in [2.24, 2.45) is 0 Å². The highest BCUT2D eigenvalue weighted by atomic mass is 16.6. The van der Waals surface area contributed by atoms with Crippen LogP contribution in [0.5, 0.6) is 0 Å². The van der Waals surface area contributed by atoms with Crippen molar-refractivity contribution in [2.75, 3.05) is 18.0 Å². The topological polar surface area (TPSA) is 79.5 Å². The minimum Gasteiger partial charge on any atom is -0.393 e. The third-order valence-corrected chi connectivity index (χ3v) is 3.77. The summed E-state index contributed by atoms with van der Waals surface area (Å²) in [5, 5.41) is 22.0. The highest BCUT2D eigenvalue weighted by Crippen LogP contribution is 2.34. The van der Waals surface area contributed by atoms with Gasteiger partial charge in [-0.05, 0) is 25.0 Å². The Morgan fingerprint density at radius 2 is 2.00 bits per heavy atom. The molecule has 1 aromatic heterocycles. The number of piperidine rings is 1. The van der Waals surface area contributed by atoms with Crippen molar-refractivity contribution in [2.45, 2.75) is 18.9 Å². The van der Waals surface area contributed by atoms with Gasteiger partial charge in [-0.1, -0.05) is 0 Å². The van der Waals surface area contributed by atoms with Crippen LogP contribution in [-0.2, 0) is 0 Å². The van der Waals surface area contributed by atoms with E-state index in [0.29, 0.717) is 5.39 Å². The fourth-order valence-corrected chi connectivity index (χ4v) is 2.70. The molecule has 0 spiro atoms. The lowest BCUT2D eigenvalue weighted by molar-refractivity contribution is -0.383. The van der Waals surface area contributed by atoms with Crippen molar-refractivity contribution < 1.29 is 10.0 Å². The summed E-state index contributed by atoms with van der Waals surface area (Å²) in [6, 6.07) is 5.13. The molecule has 1 aliphatic heterocycles. The number of pyridine rings is 1. The molecule has 2 aromatic rings. The fourth-order valence-electron chi connectivity index (χ4n) is 2.70. The maximum atomic E-state index is 11.1. The van der Waals surface area contributed by atoms with E-state index < -0.39 is 0 Å². The SMILES string of the molecule is O=[N+]([O-])c1ccc(N2CCC(O)CC2)c2ccncc12. The second-order valence-corrected chi connectivity index (χ2v) is 5.00. The molecule has 104 valence electrons. The summed E-state index contributed by atoms with van der Waals surface area (Å²) in [4.78, 5) is 16.9. The zero-order chi connectivity index (χ0) is 14.1. The van der Waals surface area contributed by atoms with Crippen molar-refractivity contribution in [3.63, 3.8) is 0 Å². The first kappa shape index (κ1) is 12.8. The Labute approximate surface area is 115 Å². The van der Waals surface area contributed by atoms with E-state index in [9.17, 15) is 15.2 Å². The van der Waals surface area contributed by atoms with Crippen LogP contribution in [0.1, 0.15) is 12.8 Å². The van der Waals surface area contributed by atoms with Gasteiger partial charge in [-0.3, -0.25) is 15.1 Å². The first-order valence-electron chi connectivity index (χ1n) is 6.61. The molecule has 0 atom stereocenters. The Balaban J connectivity index is 2.08. The van der Waals surface area contributed by atoms with Crippen LogP contribution in [0.15, 0.2) is 30.6 Å². The Bertz CT molecular complexity index is 651. The summed E-state index contributed by atoms with van der Waals surface area (Å²) in [6.45, 7) is 1.52. The quantitative estimate of drug-likeness (QED) is 0.669. The van der Waals surface area contributed by atoms with Crippen molar-refractivity contribution in [3.05, 3.63) is 40.7 Å². The fraction of sp³-hybridized carbons (Fsp3) is 0.357. The standard InChI is InChI=1S/C14H15N3O3/c18-10-4-7-16(8-5-10)13-1-2-14(17(19)20)12-9-15-6-3-11(12)13/h1-3,6,9-10,18H,4-5,7-8H2. The van der Waals surface area contributed by atoms with Crippen LogP contribution in [0.4, 0.5) is 11.4 Å². The number of nitrogens with zero attached hydrogens (tertiary/aromatic N) is 3. The number of fused-ring (bicyclic) bond motifs is 1. The maximum absolute atomic E-state index is 11.1. The van der Waals surface area contributed by atoms with Crippen LogP contribution in [0, 0.1) is 10.1 Å². The number of aliphatic hydroxyl groups excluding tert-OH is 1. The van der Waals surface area contributed by atoms with Crippen LogP contribution in [-0.4, -0.2) is 34.2 Å². The molecule has 0 radical (unpaired) electrons. The number of aromatic nitrogens is 1. The zero-order valence-electron chi connectivity index (χ0n) is 10.9. The van der Waals surface area contributed by atoms with Gasteiger partial charge in [-0.15, -0.1) is 0 Å². The van der Waals surface area contributed by atoms with Gasteiger partial charge < -0.3 is 10.0 Å². The van der Waals surface area contributed by atoms with Crippen molar-refractivity contribution in [1.82, 2.24) is 4.98 Å². The van der Waals surface area contributed by atoms with Crippen LogP contribution < -0.4 is 4.90 Å². The Hall–Kier alpha value is -2.21. The summed E-state index contributed by atoms with van der Waals surface area (Å²) in [7, 11) is 0. The molecule has 3 rings (SSSR count). The highest BCUT2D eigenvalue weighted by Gasteiger charge is 2.21. The second-order valence-electron chi connectivity index (χ2n) is 5.00. The Morgan fingerprint density at radius 1 is 1.25 bits per heavy atom. The van der Waals surface area contributed by atoms with Gasteiger partial charge >= 0.3 is 0 Å². The monoisotopic (exact) mass is 273 g/mol. The molecule has 0 saturated carbocycles. The molecule has 6 heteroatoms. The predicted molar refractivity (Wildman–Crippen MR) is 75.9 cm³/mol. The smallest absolute Gasteiger partial charge is 0.278 e. The lowest BCUT2D eigenvalue weighted by atomic mass is 10.0. The van der Waals surface area contributed by atoms with Gasteiger partial charge in [0.1, 0.15) is 0 Å². The van der Waals surface area contributed by atoms with Crippen molar-refractivity contribution in [1.29, 1.82) is 0 Å². The van der Waals surface area contributed by atoms with Crippen molar-refractivity contribution in [3.8, 4) is 0 Å². The van der Waals surface area contributed by atoms with Gasteiger partial charge in [0.25, 0.3) is 5.69 Å². The number of nitro benzene ring substituents is 1. The molecule has 0 bridgehead atoms. The van der Waals surface area contributed by atoms with Gasteiger partial charge in [-0.2, -0.15) is 0 Å². The van der Waals surface area contributed by atoms with E-state index in [0.717, 1.165) is 37.0 Å². The van der Waals surface area contributed by atoms with E-state index in [4.69, 9.17) is 0 Å². The van der Waals surface area contributed by atoms with E-state index in [1.165, 1.54) is 12.3 Å². The normalized spacial score (nSPS) is 16.6. The lowest BCUT2D eigenvalue weighted by Gasteiger charge is -2.32. The third kappa shape index (κ3) is 2.18. The van der Waals surface area contributed by atoms with Gasteiger partial charge in [0.2, 0.25) is 0 Å². The van der Waals surface area contributed by atoms with E-state index in [1.54, 1.807) is 12.3 Å². The largest absolute Gasteiger partial charge is 0.393 e. The van der Waals surface area contributed by atoms with Crippen molar-refractivity contribution >= 4 is 22.1 Å². The molecule has 2 heterocycles. The minimum absolute atomic E-state index is 0.0777. The molecular weight excluding hydrogens is 258 g/mol. The Kier molecular flexibility index (Phi) is 3.23. The summed E-state index contributed by atoms with van der Waals surface area (Å²) in [5.74, 6) is 0. The molecule has 6 nitrogen and oxygen atoms in total. The van der Waals surface area contributed by atoms with Crippen LogP contribution in [0.2, 0.25) is 0 Å². The third-order valence-electron chi connectivity index (χ3n) is 3.77. The molecule has 1 aliphatic rings. The average molecular weight is 273 g/mol. The number of benzene rings is 1. The van der Waals surface area contributed by atoms with Gasteiger partial charge in [0.05, 0.1) is 16.4 Å². The average Bonchev–Trinajstić information content (AvgIpc) is 2.47. The van der Waals surface area contributed by atoms with E-state index in [1.807, 2.05) is 6.07 Å². The minimum atomic E-state index is -0.381. The summed E-state index contributed by atoms with van der Waals surface area (Å²) >= 11 is 0. The number of nitro groups is 1. The van der Waals surface area contributed by atoms with Crippen LogP contribution in [0.25, 0.3) is 10.8 Å². The molecule has 1 N–H and O–H groups in total. The maximum Gasteiger partial charge on any atom is 0.278 e. The van der Waals surface area contributed by atoms with E-state index in [2.05, 4.69) is 9.88 Å².